The van der Waals surface area contributed by atoms with Crippen molar-refractivity contribution in [3.05, 3.63) is 99.5 Å². The van der Waals surface area contributed by atoms with Crippen LogP contribution in [-0.2, 0) is 0 Å². The number of nitrogens with one attached hydrogen (secondary N) is 1. The Kier molecular flexibility index (Phi) is 6.35. The zero-order valence-corrected chi connectivity index (χ0v) is 15.9. The van der Waals surface area contributed by atoms with Gasteiger partial charge in [0.2, 0.25) is 0 Å². The molecular formula is C21H15Cl3N2. The summed E-state index contributed by atoms with van der Waals surface area (Å²) in [6, 6.07) is 22.5. The summed E-state index contributed by atoms with van der Waals surface area (Å²) >= 11 is 18.1. The maximum atomic E-state index is 6.08. The Labute approximate surface area is 167 Å². The van der Waals surface area contributed by atoms with Crippen LogP contribution in [0.15, 0.2) is 83.9 Å². The highest BCUT2D eigenvalue weighted by molar-refractivity contribution is 6.31. The molecule has 26 heavy (non-hydrogen) atoms. The second-order valence-electron chi connectivity index (χ2n) is 5.48. The summed E-state index contributed by atoms with van der Waals surface area (Å²) in [6.07, 6.45) is 3.62. The Bertz CT molecular complexity index is 947. The standard InChI is InChI=1S/C21H15Cl3N2/c22-16-9-7-15(8-10-16)21(26-20-6-2-4-18(24)14-20)11-12-25-19-5-1-3-17(23)13-19/h1-14,26H/b21-11+,25-12?. The van der Waals surface area contributed by atoms with Crippen LogP contribution in [-0.4, -0.2) is 6.21 Å². The summed E-state index contributed by atoms with van der Waals surface area (Å²) in [7, 11) is 0. The Morgan fingerprint density at radius 2 is 1.46 bits per heavy atom. The van der Waals surface area contributed by atoms with Gasteiger partial charge in [0.15, 0.2) is 0 Å². The van der Waals surface area contributed by atoms with Crippen molar-refractivity contribution < 1.29 is 0 Å². The summed E-state index contributed by atoms with van der Waals surface area (Å²) in [4.78, 5) is 4.43. The zero-order chi connectivity index (χ0) is 18.4. The van der Waals surface area contributed by atoms with Gasteiger partial charge in [-0.15, -0.1) is 0 Å². The summed E-state index contributed by atoms with van der Waals surface area (Å²) in [6.45, 7) is 0. The number of halogens is 3. The van der Waals surface area contributed by atoms with Crippen LogP contribution in [0.1, 0.15) is 5.56 Å². The van der Waals surface area contributed by atoms with Gasteiger partial charge in [0, 0.05) is 32.7 Å². The fourth-order valence-electron chi connectivity index (χ4n) is 2.32. The number of hydrogen-bond donors (Lipinski definition) is 1. The molecular weight excluding hydrogens is 387 g/mol. The summed E-state index contributed by atoms with van der Waals surface area (Å²) in [5.74, 6) is 0. The lowest BCUT2D eigenvalue weighted by atomic mass is 10.1. The van der Waals surface area contributed by atoms with Crippen molar-refractivity contribution in [2.45, 2.75) is 0 Å². The number of benzene rings is 3. The first-order valence-corrected chi connectivity index (χ1v) is 9.02. The van der Waals surface area contributed by atoms with E-state index >= 15 is 0 Å². The third kappa shape index (κ3) is 5.37. The predicted molar refractivity (Wildman–Crippen MR) is 114 cm³/mol. The van der Waals surface area contributed by atoms with Crippen LogP contribution in [0.4, 0.5) is 11.4 Å². The van der Waals surface area contributed by atoms with Crippen molar-refractivity contribution in [2.24, 2.45) is 4.99 Å². The molecule has 0 aliphatic carbocycles. The molecule has 3 aromatic rings. The average Bonchev–Trinajstić information content (AvgIpc) is 2.62. The molecule has 0 saturated carbocycles. The van der Waals surface area contributed by atoms with Gasteiger partial charge in [0.1, 0.15) is 0 Å². The van der Waals surface area contributed by atoms with Gasteiger partial charge in [-0.1, -0.05) is 59.1 Å². The molecule has 2 nitrogen and oxygen atoms in total. The minimum atomic E-state index is 0.651. The molecule has 0 saturated heterocycles. The molecule has 0 fully saturated rings. The molecule has 0 unspecified atom stereocenters. The lowest BCUT2D eigenvalue weighted by Crippen LogP contribution is -1.99. The molecule has 0 atom stereocenters. The predicted octanol–water partition coefficient (Wildman–Crippen LogP) is 7.50. The van der Waals surface area contributed by atoms with E-state index in [1.54, 1.807) is 12.3 Å². The number of anilines is 1. The zero-order valence-electron chi connectivity index (χ0n) is 13.7. The third-order valence-electron chi connectivity index (χ3n) is 3.53. The Morgan fingerprint density at radius 1 is 0.769 bits per heavy atom. The molecule has 0 bridgehead atoms. The topological polar surface area (TPSA) is 24.4 Å². The van der Waals surface area contributed by atoms with Crippen molar-refractivity contribution in [3.8, 4) is 0 Å². The SMILES string of the molecule is Clc1ccc(/C(=C\C=Nc2cccc(Cl)c2)Nc2cccc(Cl)c2)cc1. The van der Waals surface area contributed by atoms with Gasteiger partial charge < -0.3 is 5.32 Å². The van der Waals surface area contributed by atoms with Gasteiger partial charge in [-0.25, -0.2) is 0 Å². The molecule has 3 rings (SSSR count). The smallest absolute Gasteiger partial charge is 0.0644 e. The van der Waals surface area contributed by atoms with Gasteiger partial charge in [-0.05, 0) is 60.2 Å². The van der Waals surface area contributed by atoms with E-state index in [1.165, 1.54) is 0 Å². The maximum Gasteiger partial charge on any atom is 0.0644 e. The third-order valence-corrected chi connectivity index (χ3v) is 4.25. The second kappa shape index (κ2) is 8.91. The lowest BCUT2D eigenvalue weighted by molar-refractivity contribution is 1.52. The van der Waals surface area contributed by atoms with Gasteiger partial charge in [-0.2, -0.15) is 0 Å². The van der Waals surface area contributed by atoms with Crippen LogP contribution in [0, 0.1) is 0 Å². The van der Waals surface area contributed by atoms with E-state index in [0.29, 0.717) is 15.1 Å². The molecule has 0 aliphatic heterocycles. The highest BCUT2D eigenvalue weighted by Crippen LogP contribution is 2.23. The average molecular weight is 402 g/mol. The quantitative estimate of drug-likeness (QED) is 0.440. The first kappa shape index (κ1) is 18.5. The molecule has 0 aromatic heterocycles. The molecule has 0 heterocycles. The van der Waals surface area contributed by atoms with E-state index in [0.717, 1.165) is 22.6 Å². The first-order valence-electron chi connectivity index (χ1n) is 7.88. The van der Waals surface area contributed by atoms with Gasteiger partial charge in [-0.3, -0.25) is 4.99 Å². The van der Waals surface area contributed by atoms with Gasteiger partial charge in [0.25, 0.3) is 0 Å². The van der Waals surface area contributed by atoms with Gasteiger partial charge in [0.05, 0.1) is 5.69 Å². The fraction of sp³-hybridized carbons (Fsp3) is 0. The van der Waals surface area contributed by atoms with Crippen molar-refractivity contribution >= 4 is 58.1 Å². The van der Waals surface area contributed by atoms with Crippen LogP contribution in [0.3, 0.4) is 0 Å². The molecule has 0 spiro atoms. The van der Waals surface area contributed by atoms with Gasteiger partial charge >= 0.3 is 0 Å². The van der Waals surface area contributed by atoms with Crippen LogP contribution in [0.25, 0.3) is 5.70 Å². The normalized spacial score (nSPS) is 11.7. The Balaban J connectivity index is 1.90. The van der Waals surface area contributed by atoms with E-state index < -0.39 is 0 Å². The molecule has 0 aliphatic rings. The first-order chi connectivity index (χ1) is 12.6. The molecule has 1 N–H and O–H groups in total. The van der Waals surface area contributed by atoms with E-state index in [4.69, 9.17) is 34.8 Å². The summed E-state index contributed by atoms with van der Waals surface area (Å²) in [5.41, 5.74) is 3.52. The minimum absolute atomic E-state index is 0.651. The number of nitrogens with zero attached hydrogens (tertiary/aromatic N) is 1. The van der Waals surface area contributed by atoms with Crippen molar-refractivity contribution in [1.29, 1.82) is 0 Å². The Morgan fingerprint density at radius 3 is 2.15 bits per heavy atom. The van der Waals surface area contributed by atoms with Crippen molar-refractivity contribution in [3.63, 3.8) is 0 Å². The molecule has 0 radical (unpaired) electrons. The number of aliphatic imine (C=N–C) groups is 1. The monoisotopic (exact) mass is 400 g/mol. The largest absolute Gasteiger partial charge is 0.355 e. The summed E-state index contributed by atoms with van der Waals surface area (Å²) in [5, 5.41) is 5.37. The maximum absolute atomic E-state index is 6.08. The molecule has 3 aromatic carbocycles. The number of allylic oxidation sites excluding steroid dienone is 1. The highest BCUT2D eigenvalue weighted by atomic mass is 35.5. The molecule has 5 heteroatoms. The van der Waals surface area contributed by atoms with E-state index in [2.05, 4.69) is 10.3 Å². The van der Waals surface area contributed by atoms with Crippen LogP contribution >= 0.6 is 34.8 Å². The second-order valence-corrected chi connectivity index (χ2v) is 6.79. The van der Waals surface area contributed by atoms with Crippen LogP contribution in [0.2, 0.25) is 15.1 Å². The fourth-order valence-corrected chi connectivity index (χ4v) is 2.82. The van der Waals surface area contributed by atoms with E-state index in [1.807, 2.05) is 72.8 Å². The van der Waals surface area contributed by atoms with E-state index in [-0.39, 0.29) is 0 Å². The van der Waals surface area contributed by atoms with Crippen molar-refractivity contribution in [2.75, 3.05) is 5.32 Å². The summed E-state index contributed by atoms with van der Waals surface area (Å²) < 4.78 is 0. The van der Waals surface area contributed by atoms with E-state index in [9.17, 15) is 0 Å². The van der Waals surface area contributed by atoms with Crippen LogP contribution < -0.4 is 5.32 Å². The molecule has 0 amide bonds. The lowest BCUT2D eigenvalue weighted by Gasteiger charge is -2.11. The Hall–Kier alpha value is -2.26. The van der Waals surface area contributed by atoms with Crippen LogP contribution in [0.5, 0.6) is 0 Å². The number of rotatable bonds is 5. The molecule has 130 valence electrons. The number of hydrogen-bond acceptors (Lipinski definition) is 2. The highest BCUT2D eigenvalue weighted by Gasteiger charge is 2.03. The minimum Gasteiger partial charge on any atom is -0.355 e. The van der Waals surface area contributed by atoms with Crippen molar-refractivity contribution in [1.82, 2.24) is 0 Å².